The highest BCUT2D eigenvalue weighted by molar-refractivity contribution is 6.00. The fraction of sp³-hybridized carbons (Fsp3) is 0.914. The maximum Gasteiger partial charge on any atom is 0.316 e. The van der Waals surface area contributed by atoms with Gasteiger partial charge in [-0.15, -0.1) is 0 Å². The molecule has 13 heteroatoms. The number of hydrogen-bond donors (Lipinski definition) is 3. The highest BCUT2D eigenvalue weighted by Gasteiger charge is 2.55. The number of aliphatic hydroxyl groups is 1. The lowest BCUT2D eigenvalue weighted by molar-refractivity contribution is -0.297. The molecule has 3 rings (SSSR count). The van der Waals surface area contributed by atoms with Crippen LogP contribution in [0.3, 0.4) is 0 Å². The molecule has 3 heterocycles. The third kappa shape index (κ3) is 9.34. The third-order valence-electron chi connectivity index (χ3n) is 10.9. The van der Waals surface area contributed by atoms with E-state index in [1.165, 1.54) is 6.92 Å². The summed E-state index contributed by atoms with van der Waals surface area (Å²) in [5.41, 5.74) is -2.07. The smallest absolute Gasteiger partial charge is 0.316 e. The number of carbonyl (C=O) groups is 3. The van der Waals surface area contributed by atoms with Crippen molar-refractivity contribution >= 4 is 17.7 Å². The predicted octanol–water partition coefficient (Wildman–Crippen LogP) is 1.92. The van der Waals surface area contributed by atoms with E-state index in [-0.39, 0.29) is 48.2 Å². The van der Waals surface area contributed by atoms with Gasteiger partial charge >= 0.3 is 11.9 Å². The molecule has 0 radical (unpaired) electrons. The number of nitrogens with zero attached hydrogens (tertiary/aromatic N) is 1. The summed E-state index contributed by atoms with van der Waals surface area (Å²) in [6.45, 7) is 15.3. The van der Waals surface area contributed by atoms with Gasteiger partial charge in [0.05, 0.1) is 30.8 Å². The predicted molar refractivity (Wildman–Crippen MR) is 179 cm³/mol. The molecule has 0 aliphatic carbocycles. The number of cyclic esters (lactones) is 1. The average Bonchev–Trinajstić information content (AvgIpc) is 3.36. The number of hydrogen-bond acceptors (Lipinski definition) is 13. The SMILES string of the molecule is CC[C@H]1OC(=O)C(C)C(=O)[C@H](C)[C@@H](OC2OC(CNCCOC)CC(N(C)C)C2O)[C@](C)(OC)C[C@@H](C)CN[C@H](C)[C@H]2CC(=O)O[C@@]21C. The van der Waals surface area contributed by atoms with Crippen LogP contribution in [-0.2, 0) is 42.8 Å². The first-order chi connectivity index (χ1) is 22.5. The van der Waals surface area contributed by atoms with Crippen LogP contribution in [0, 0.1) is 23.7 Å². The molecule has 3 saturated heterocycles. The Morgan fingerprint density at radius 2 is 1.79 bits per heavy atom. The van der Waals surface area contributed by atoms with Crippen molar-refractivity contribution in [1.82, 2.24) is 15.5 Å². The zero-order chi connectivity index (χ0) is 36.0. The molecule has 0 amide bonds. The Balaban J connectivity index is 1.99. The van der Waals surface area contributed by atoms with Crippen molar-refractivity contribution in [3.63, 3.8) is 0 Å². The molecule has 48 heavy (non-hydrogen) atoms. The lowest BCUT2D eigenvalue weighted by atomic mass is 9.78. The third-order valence-corrected chi connectivity index (χ3v) is 10.9. The van der Waals surface area contributed by atoms with Crippen LogP contribution in [0.4, 0.5) is 0 Å². The van der Waals surface area contributed by atoms with Crippen molar-refractivity contribution in [2.24, 2.45) is 23.7 Å². The number of rotatable bonds is 10. The Morgan fingerprint density at radius 3 is 2.40 bits per heavy atom. The van der Waals surface area contributed by atoms with E-state index in [0.717, 1.165) is 0 Å². The van der Waals surface area contributed by atoms with E-state index in [1.54, 1.807) is 21.1 Å². The second kappa shape index (κ2) is 17.5. The van der Waals surface area contributed by atoms with Gasteiger partial charge in [0.15, 0.2) is 17.7 Å². The number of carbonyl (C=O) groups excluding carboxylic acids is 3. The van der Waals surface area contributed by atoms with E-state index in [9.17, 15) is 19.5 Å². The monoisotopic (exact) mass is 685 g/mol. The van der Waals surface area contributed by atoms with Crippen LogP contribution >= 0.6 is 0 Å². The molecular formula is C35H63N3O10. The van der Waals surface area contributed by atoms with Gasteiger partial charge in [0, 0.05) is 51.2 Å². The number of likely N-dealkylation sites (N-methyl/N-ethyl adjacent to an activating group) is 1. The zero-order valence-corrected chi connectivity index (χ0v) is 31.1. The van der Waals surface area contributed by atoms with Gasteiger partial charge in [-0.3, -0.25) is 14.4 Å². The molecule has 0 spiro atoms. The minimum absolute atomic E-state index is 0.0435. The van der Waals surface area contributed by atoms with Crippen molar-refractivity contribution in [1.29, 1.82) is 0 Å². The summed E-state index contributed by atoms with van der Waals surface area (Å²) in [6, 6.07) is -0.400. The number of ketones is 1. The maximum absolute atomic E-state index is 14.2. The van der Waals surface area contributed by atoms with Crippen LogP contribution in [0.15, 0.2) is 0 Å². The molecule has 3 aliphatic rings. The largest absolute Gasteiger partial charge is 0.458 e. The molecule has 13 nitrogen and oxygen atoms in total. The first-order valence-electron chi connectivity index (χ1n) is 17.6. The molecule has 5 unspecified atom stereocenters. The van der Waals surface area contributed by atoms with Crippen LogP contribution in [0.5, 0.6) is 0 Å². The summed E-state index contributed by atoms with van der Waals surface area (Å²) < 4.78 is 36.3. The first kappa shape index (κ1) is 40.7. The fourth-order valence-electron chi connectivity index (χ4n) is 7.89. The Hall–Kier alpha value is -1.71. The maximum atomic E-state index is 14.2. The lowest BCUT2D eigenvalue weighted by Crippen LogP contribution is -2.60. The quantitative estimate of drug-likeness (QED) is 0.175. The van der Waals surface area contributed by atoms with E-state index in [1.807, 2.05) is 46.7 Å². The molecule has 0 saturated carbocycles. The van der Waals surface area contributed by atoms with Gasteiger partial charge < -0.3 is 49.1 Å². The zero-order valence-electron chi connectivity index (χ0n) is 31.1. The van der Waals surface area contributed by atoms with Gasteiger partial charge in [0.2, 0.25) is 0 Å². The Bertz CT molecular complexity index is 1080. The molecule has 0 aromatic rings. The number of nitrogens with one attached hydrogen (secondary N) is 2. The summed E-state index contributed by atoms with van der Waals surface area (Å²) in [5.74, 6) is -3.59. The second-order valence-electron chi connectivity index (χ2n) is 14.9. The lowest BCUT2D eigenvalue weighted by Gasteiger charge is -2.47. The van der Waals surface area contributed by atoms with Gasteiger partial charge in [-0.05, 0) is 73.5 Å². The normalized spacial score (nSPS) is 42.1. The average molecular weight is 686 g/mol. The Morgan fingerprint density at radius 1 is 1.10 bits per heavy atom. The fourth-order valence-corrected chi connectivity index (χ4v) is 7.89. The number of aliphatic hydroxyl groups excluding tert-OH is 1. The van der Waals surface area contributed by atoms with Gasteiger partial charge in [-0.1, -0.05) is 20.8 Å². The minimum atomic E-state index is -1.14. The van der Waals surface area contributed by atoms with Crippen LogP contribution in [0.25, 0.3) is 0 Å². The standard InChI is InChI=1S/C35H63N3O10/c1-12-27-35(7)25(16-28(39)48-35)23(5)37-18-20(2)17-34(6,44-11)31(21(3)29(40)22(4)32(42)46-27)47-33-30(41)26(38(8)9)15-24(45-33)19-36-13-14-43-10/h20-27,30-31,33,36-37,41H,12-19H2,1-11H3/t20-,21+,22?,23-,24?,25-,26?,27-,30?,31-,33?,34-,35+/m1/s1. The van der Waals surface area contributed by atoms with Gasteiger partial charge in [-0.2, -0.15) is 0 Å². The summed E-state index contributed by atoms with van der Waals surface area (Å²) in [5, 5.41) is 18.5. The molecule has 0 aromatic carbocycles. The summed E-state index contributed by atoms with van der Waals surface area (Å²) in [4.78, 5) is 42.4. The number of Topliss-reactive ketones (excluding diaryl/α,β-unsaturated/α-hetero) is 1. The van der Waals surface area contributed by atoms with E-state index in [4.69, 9.17) is 28.4 Å². The van der Waals surface area contributed by atoms with Crippen molar-refractivity contribution in [3.05, 3.63) is 0 Å². The van der Waals surface area contributed by atoms with Crippen LogP contribution in [0.1, 0.15) is 74.1 Å². The van der Waals surface area contributed by atoms with Crippen LogP contribution in [-0.4, -0.2) is 136 Å². The first-order valence-corrected chi connectivity index (χ1v) is 17.6. The van der Waals surface area contributed by atoms with Crippen molar-refractivity contribution in [2.75, 3.05) is 54.6 Å². The highest BCUT2D eigenvalue weighted by atomic mass is 16.7. The molecule has 0 aromatic heterocycles. The topological polar surface area (TPSA) is 154 Å². The summed E-state index contributed by atoms with van der Waals surface area (Å²) in [6.07, 6.45) is -2.31. The number of methoxy groups -OCH3 is 2. The minimum Gasteiger partial charge on any atom is -0.458 e. The molecule has 3 fully saturated rings. The van der Waals surface area contributed by atoms with E-state index >= 15 is 0 Å². The molecular weight excluding hydrogens is 622 g/mol. The van der Waals surface area contributed by atoms with E-state index in [2.05, 4.69) is 17.6 Å². The van der Waals surface area contributed by atoms with Crippen LogP contribution < -0.4 is 10.6 Å². The van der Waals surface area contributed by atoms with Crippen molar-refractivity contribution in [2.45, 2.75) is 128 Å². The van der Waals surface area contributed by atoms with Crippen molar-refractivity contribution in [3.8, 4) is 0 Å². The molecule has 278 valence electrons. The summed E-state index contributed by atoms with van der Waals surface area (Å²) in [7, 11) is 7.04. The Kier molecular flexibility index (Phi) is 14.8. The Labute approximate surface area is 287 Å². The van der Waals surface area contributed by atoms with Crippen LogP contribution in [0.2, 0.25) is 0 Å². The second-order valence-corrected chi connectivity index (χ2v) is 14.9. The van der Waals surface area contributed by atoms with Gasteiger partial charge in [-0.25, -0.2) is 0 Å². The molecule has 3 N–H and O–H groups in total. The molecule has 13 atom stereocenters. The molecule has 0 bridgehead atoms. The number of ether oxygens (including phenoxy) is 6. The van der Waals surface area contributed by atoms with E-state index < -0.39 is 53.6 Å². The van der Waals surface area contributed by atoms with Crippen molar-refractivity contribution < 1.29 is 47.9 Å². The van der Waals surface area contributed by atoms with Gasteiger partial charge in [0.25, 0.3) is 0 Å². The van der Waals surface area contributed by atoms with Gasteiger partial charge in [0.1, 0.15) is 18.1 Å². The number of esters is 2. The highest BCUT2D eigenvalue weighted by Crippen LogP contribution is 2.41. The summed E-state index contributed by atoms with van der Waals surface area (Å²) >= 11 is 0. The number of fused-ring (bicyclic) bond motifs is 1. The van der Waals surface area contributed by atoms with E-state index in [0.29, 0.717) is 45.5 Å². The molecule has 3 aliphatic heterocycles.